The second-order valence-corrected chi connectivity index (χ2v) is 5.22. The van der Waals surface area contributed by atoms with Crippen LogP contribution in [0.5, 0.6) is 0 Å². The van der Waals surface area contributed by atoms with Gasteiger partial charge in [0, 0.05) is 13.1 Å². The van der Waals surface area contributed by atoms with E-state index in [1.165, 1.54) is 64.2 Å². The first-order chi connectivity index (χ1) is 8.31. The zero-order valence-electron chi connectivity index (χ0n) is 12.2. The number of nitrogens with two attached hydrogens (primary N) is 1. The van der Waals surface area contributed by atoms with Gasteiger partial charge >= 0.3 is 0 Å². The standard InChI is InChI=1S/C15H34N2/c1-3-5-6-7-8-9-10-11-12-13-15-17(16)14-4-2/h3-16H2,1-2H3. The maximum atomic E-state index is 5.83. The molecule has 0 fully saturated rings. The normalized spacial score (nSPS) is 11.3. The van der Waals surface area contributed by atoms with Gasteiger partial charge < -0.3 is 0 Å². The van der Waals surface area contributed by atoms with Crippen LogP contribution in [0.25, 0.3) is 0 Å². The molecule has 0 aromatic carbocycles. The monoisotopic (exact) mass is 242 g/mol. The van der Waals surface area contributed by atoms with Gasteiger partial charge in [0.1, 0.15) is 0 Å². The van der Waals surface area contributed by atoms with Crippen molar-refractivity contribution in [3.05, 3.63) is 0 Å². The van der Waals surface area contributed by atoms with Crippen LogP contribution in [-0.2, 0) is 0 Å². The van der Waals surface area contributed by atoms with Crippen LogP contribution in [0.15, 0.2) is 0 Å². The molecule has 0 saturated carbocycles. The Bertz CT molecular complexity index is 137. The van der Waals surface area contributed by atoms with E-state index in [0.29, 0.717) is 0 Å². The number of nitrogens with zero attached hydrogens (tertiary/aromatic N) is 1. The number of rotatable bonds is 13. The molecule has 0 amide bonds. The lowest BCUT2D eigenvalue weighted by Crippen LogP contribution is -2.32. The third kappa shape index (κ3) is 13.9. The average molecular weight is 242 g/mol. The van der Waals surface area contributed by atoms with Gasteiger partial charge in [-0.1, -0.05) is 71.6 Å². The van der Waals surface area contributed by atoms with E-state index in [0.717, 1.165) is 19.5 Å². The predicted molar refractivity (Wildman–Crippen MR) is 77.9 cm³/mol. The lowest BCUT2D eigenvalue weighted by Gasteiger charge is -2.14. The van der Waals surface area contributed by atoms with Crippen molar-refractivity contribution in [1.29, 1.82) is 0 Å². The molecule has 0 heterocycles. The van der Waals surface area contributed by atoms with Crippen LogP contribution in [0.4, 0.5) is 0 Å². The summed E-state index contributed by atoms with van der Waals surface area (Å²) in [6.45, 7) is 6.57. The van der Waals surface area contributed by atoms with Crippen LogP contribution >= 0.6 is 0 Å². The Balaban J connectivity index is 2.98. The minimum Gasteiger partial charge on any atom is -0.269 e. The van der Waals surface area contributed by atoms with E-state index in [-0.39, 0.29) is 0 Å². The lowest BCUT2D eigenvalue weighted by molar-refractivity contribution is 0.276. The van der Waals surface area contributed by atoms with Crippen molar-refractivity contribution in [3.8, 4) is 0 Å². The molecule has 0 bridgehead atoms. The molecule has 104 valence electrons. The third-order valence-corrected chi connectivity index (χ3v) is 3.31. The van der Waals surface area contributed by atoms with Crippen LogP contribution in [0.3, 0.4) is 0 Å². The van der Waals surface area contributed by atoms with E-state index in [1.807, 2.05) is 5.01 Å². The van der Waals surface area contributed by atoms with Crippen molar-refractivity contribution in [2.45, 2.75) is 84.5 Å². The Morgan fingerprint density at radius 1 is 0.588 bits per heavy atom. The van der Waals surface area contributed by atoms with Gasteiger partial charge in [0.2, 0.25) is 0 Å². The van der Waals surface area contributed by atoms with E-state index in [4.69, 9.17) is 5.84 Å². The summed E-state index contributed by atoms with van der Waals surface area (Å²) >= 11 is 0. The zero-order valence-corrected chi connectivity index (χ0v) is 12.2. The Labute approximate surface area is 109 Å². The van der Waals surface area contributed by atoms with Crippen LogP contribution in [-0.4, -0.2) is 18.1 Å². The molecule has 0 atom stereocenters. The molecule has 0 aromatic heterocycles. The van der Waals surface area contributed by atoms with Crippen LogP contribution in [0, 0.1) is 0 Å². The second kappa shape index (κ2) is 14.0. The Morgan fingerprint density at radius 2 is 1.06 bits per heavy atom. The van der Waals surface area contributed by atoms with Crippen molar-refractivity contribution in [2.75, 3.05) is 13.1 Å². The molecule has 0 aliphatic rings. The summed E-state index contributed by atoms with van der Waals surface area (Å²) in [5.74, 6) is 5.83. The summed E-state index contributed by atoms with van der Waals surface area (Å²) in [4.78, 5) is 0. The summed E-state index contributed by atoms with van der Waals surface area (Å²) in [5.41, 5.74) is 0. The Kier molecular flexibility index (Phi) is 13.9. The highest BCUT2D eigenvalue weighted by Gasteiger charge is 1.96. The number of hydrazine groups is 1. The first kappa shape index (κ1) is 16.9. The summed E-state index contributed by atoms with van der Waals surface area (Å²) in [6, 6.07) is 0. The summed E-state index contributed by atoms with van der Waals surface area (Å²) in [7, 11) is 0. The zero-order chi connectivity index (χ0) is 12.8. The smallest absolute Gasteiger partial charge is 0.0128 e. The molecule has 2 N–H and O–H groups in total. The van der Waals surface area contributed by atoms with Crippen molar-refractivity contribution in [2.24, 2.45) is 5.84 Å². The van der Waals surface area contributed by atoms with Gasteiger partial charge in [-0.25, -0.2) is 5.01 Å². The molecule has 0 rings (SSSR count). The molecule has 2 heteroatoms. The van der Waals surface area contributed by atoms with Gasteiger partial charge in [-0.3, -0.25) is 5.84 Å². The first-order valence-electron chi connectivity index (χ1n) is 7.80. The molecule has 0 radical (unpaired) electrons. The molecular weight excluding hydrogens is 208 g/mol. The van der Waals surface area contributed by atoms with E-state index in [9.17, 15) is 0 Å². The van der Waals surface area contributed by atoms with Gasteiger partial charge in [-0.2, -0.15) is 0 Å². The molecular formula is C15H34N2. The molecule has 2 nitrogen and oxygen atoms in total. The Morgan fingerprint density at radius 3 is 1.53 bits per heavy atom. The number of unbranched alkanes of at least 4 members (excludes halogenated alkanes) is 9. The second-order valence-electron chi connectivity index (χ2n) is 5.22. The number of hydrogen-bond donors (Lipinski definition) is 1. The topological polar surface area (TPSA) is 29.3 Å². The molecule has 0 aliphatic carbocycles. The fourth-order valence-electron chi connectivity index (χ4n) is 2.20. The SMILES string of the molecule is CCCCCCCCCCCCN(N)CCC. The molecule has 17 heavy (non-hydrogen) atoms. The minimum atomic E-state index is 1.04. The molecule has 0 aliphatic heterocycles. The predicted octanol–water partition coefficient (Wildman–Crippen LogP) is 4.49. The van der Waals surface area contributed by atoms with Crippen molar-refractivity contribution in [1.82, 2.24) is 5.01 Å². The van der Waals surface area contributed by atoms with Crippen LogP contribution < -0.4 is 5.84 Å². The summed E-state index contributed by atoms with van der Waals surface area (Å²) in [5, 5.41) is 1.96. The Hall–Kier alpha value is -0.0800. The highest BCUT2D eigenvalue weighted by molar-refractivity contribution is 4.50. The van der Waals surface area contributed by atoms with Crippen LogP contribution in [0.1, 0.15) is 84.5 Å². The largest absolute Gasteiger partial charge is 0.269 e. The average Bonchev–Trinajstić information content (AvgIpc) is 2.32. The van der Waals surface area contributed by atoms with E-state index < -0.39 is 0 Å². The van der Waals surface area contributed by atoms with E-state index >= 15 is 0 Å². The first-order valence-corrected chi connectivity index (χ1v) is 7.80. The molecule has 0 saturated heterocycles. The van der Waals surface area contributed by atoms with Crippen molar-refractivity contribution < 1.29 is 0 Å². The molecule has 0 spiro atoms. The van der Waals surface area contributed by atoms with Gasteiger partial charge in [0.25, 0.3) is 0 Å². The van der Waals surface area contributed by atoms with E-state index in [1.54, 1.807) is 0 Å². The summed E-state index contributed by atoms with van der Waals surface area (Å²) < 4.78 is 0. The number of hydrogen-bond acceptors (Lipinski definition) is 2. The van der Waals surface area contributed by atoms with Gasteiger partial charge in [0.15, 0.2) is 0 Å². The highest BCUT2D eigenvalue weighted by atomic mass is 15.4. The maximum absolute atomic E-state index is 5.83. The van der Waals surface area contributed by atoms with Gasteiger partial charge in [-0.05, 0) is 12.8 Å². The molecule has 0 unspecified atom stereocenters. The highest BCUT2D eigenvalue weighted by Crippen LogP contribution is 2.10. The fourth-order valence-corrected chi connectivity index (χ4v) is 2.20. The van der Waals surface area contributed by atoms with Gasteiger partial charge in [0.05, 0.1) is 0 Å². The quantitative estimate of drug-likeness (QED) is 0.293. The summed E-state index contributed by atoms with van der Waals surface area (Å²) in [6.07, 6.45) is 15.1. The van der Waals surface area contributed by atoms with Crippen LogP contribution in [0.2, 0.25) is 0 Å². The maximum Gasteiger partial charge on any atom is 0.0128 e. The lowest BCUT2D eigenvalue weighted by atomic mass is 10.1. The fraction of sp³-hybridized carbons (Fsp3) is 1.00. The minimum absolute atomic E-state index is 1.04. The third-order valence-electron chi connectivity index (χ3n) is 3.31. The van der Waals surface area contributed by atoms with Crippen molar-refractivity contribution >= 4 is 0 Å². The van der Waals surface area contributed by atoms with Gasteiger partial charge in [-0.15, -0.1) is 0 Å². The molecule has 0 aromatic rings. The van der Waals surface area contributed by atoms with Crippen molar-refractivity contribution in [3.63, 3.8) is 0 Å². The van der Waals surface area contributed by atoms with E-state index in [2.05, 4.69) is 13.8 Å².